The number of thiazole rings is 1. The van der Waals surface area contributed by atoms with Gasteiger partial charge in [-0.05, 0) is 19.8 Å². The van der Waals surface area contributed by atoms with Crippen molar-refractivity contribution in [2.24, 2.45) is 0 Å². The molecular formula is C10H13N3O3S. The van der Waals surface area contributed by atoms with E-state index in [4.69, 9.17) is 5.11 Å². The topological polar surface area (TPSA) is 91.3 Å². The molecule has 1 unspecified atom stereocenters. The van der Waals surface area contributed by atoms with Gasteiger partial charge in [0.1, 0.15) is 6.04 Å². The number of hydrogen-bond acceptors (Lipinski definition) is 4. The molecule has 3 N–H and O–H groups in total. The number of nitrogens with one attached hydrogen (secondary N) is 2. The average molecular weight is 255 g/mol. The van der Waals surface area contributed by atoms with Crippen LogP contribution in [0.1, 0.15) is 31.4 Å². The Bertz CT molecular complexity index is 442. The Labute approximate surface area is 102 Å². The molecule has 1 aliphatic rings. The molecule has 1 heterocycles. The Kier molecular flexibility index (Phi) is 3.28. The van der Waals surface area contributed by atoms with E-state index in [9.17, 15) is 9.59 Å². The van der Waals surface area contributed by atoms with E-state index in [1.165, 1.54) is 18.3 Å². The number of carboxylic acids is 1. The fourth-order valence-electron chi connectivity index (χ4n) is 1.30. The van der Waals surface area contributed by atoms with E-state index in [-0.39, 0.29) is 0 Å². The zero-order valence-corrected chi connectivity index (χ0v) is 10.1. The van der Waals surface area contributed by atoms with Crippen LogP contribution in [0.4, 0.5) is 9.93 Å². The highest BCUT2D eigenvalue weighted by Crippen LogP contribution is 2.40. The number of carbonyl (C=O) groups excluding carboxylic acids is 1. The Balaban J connectivity index is 1.86. The highest BCUT2D eigenvalue weighted by atomic mass is 32.1. The fraction of sp³-hybridized carbons (Fsp3) is 0.500. The minimum Gasteiger partial charge on any atom is -0.480 e. The van der Waals surface area contributed by atoms with Crippen LogP contribution in [0.25, 0.3) is 0 Å². The Morgan fingerprint density at radius 3 is 2.88 bits per heavy atom. The van der Waals surface area contributed by atoms with Crippen LogP contribution in [0.2, 0.25) is 0 Å². The first-order valence-corrected chi connectivity index (χ1v) is 6.20. The molecule has 0 bridgehead atoms. The van der Waals surface area contributed by atoms with E-state index in [0.717, 1.165) is 18.5 Å². The molecule has 2 amide bonds. The molecule has 1 aliphatic carbocycles. The number of anilines is 1. The number of hydrogen-bond donors (Lipinski definition) is 3. The van der Waals surface area contributed by atoms with Gasteiger partial charge in [0.15, 0.2) is 5.13 Å². The van der Waals surface area contributed by atoms with Crippen LogP contribution in [-0.2, 0) is 4.79 Å². The van der Waals surface area contributed by atoms with E-state index >= 15 is 0 Å². The number of aromatic nitrogens is 1. The fourth-order valence-corrected chi connectivity index (χ4v) is 2.09. The van der Waals surface area contributed by atoms with Crippen LogP contribution in [0, 0.1) is 0 Å². The summed E-state index contributed by atoms with van der Waals surface area (Å²) >= 11 is 1.35. The Morgan fingerprint density at radius 2 is 2.29 bits per heavy atom. The monoisotopic (exact) mass is 255 g/mol. The molecule has 1 aromatic rings. The normalized spacial score (nSPS) is 16.3. The number of carboxylic acid groups (broad SMARTS) is 1. The molecule has 1 fully saturated rings. The lowest BCUT2D eigenvalue weighted by Crippen LogP contribution is -2.40. The van der Waals surface area contributed by atoms with Gasteiger partial charge in [-0.15, -0.1) is 11.3 Å². The zero-order chi connectivity index (χ0) is 12.4. The second-order valence-electron chi connectivity index (χ2n) is 4.01. The van der Waals surface area contributed by atoms with Gasteiger partial charge in [0, 0.05) is 11.3 Å². The second kappa shape index (κ2) is 4.70. The van der Waals surface area contributed by atoms with Gasteiger partial charge >= 0.3 is 12.0 Å². The summed E-state index contributed by atoms with van der Waals surface area (Å²) in [6.07, 6.45) is 2.32. The van der Waals surface area contributed by atoms with Crippen LogP contribution in [0.5, 0.6) is 0 Å². The zero-order valence-electron chi connectivity index (χ0n) is 9.27. The van der Waals surface area contributed by atoms with Crippen LogP contribution in [0.3, 0.4) is 0 Å². The van der Waals surface area contributed by atoms with Crippen molar-refractivity contribution in [3.05, 3.63) is 11.1 Å². The van der Waals surface area contributed by atoms with Gasteiger partial charge in [0.05, 0.1) is 5.69 Å². The van der Waals surface area contributed by atoms with E-state index in [1.807, 2.05) is 5.38 Å². The van der Waals surface area contributed by atoms with E-state index in [1.54, 1.807) is 0 Å². The quantitative estimate of drug-likeness (QED) is 0.762. The van der Waals surface area contributed by atoms with Crippen molar-refractivity contribution < 1.29 is 14.7 Å². The summed E-state index contributed by atoms with van der Waals surface area (Å²) in [7, 11) is 0. The molecule has 92 valence electrons. The summed E-state index contributed by atoms with van der Waals surface area (Å²) in [5.74, 6) is -0.527. The number of amides is 2. The molecule has 1 atom stereocenters. The van der Waals surface area contributed by atoms with Crippen LogP contribution < -0.4 is 10.6 Å². The van der Waals surface area contributed by atoms with Gasteiger partial charge in [-0.1, -0.05) is 0 Å². The maximum Gasteiger partial charge on any atom is 0.325 e. The first kappa shape index (κ1) is 11.8. The highest BCUT2D eigenvalue weighted by Gasteiger charge is 2.26. The molecular weight excluding hydrogens is 242 g/mol. The van der Waals surface area contributed by atoms with Gasteiger partial charge in [-0.25, -0.2) is 9.78 Å². The summed E-state index contributed by atoms with van der Waals surface area (Å²) in [4.78, 5) is 26.2. The predicted octanol–water partition coefficient (Wildman–Crippen LogP) is 1.62. The minimum absolute atomic E-state index is 0.502. The first-order chi connectivity index (χ1) is 8.06. The molecule has 0 aliphatic heterocycles. The second-order valence-corrected chi connectivity index (χ2v) is 4.87. The van der Waals surface area contributed by atoms with Gasteiger partial charge in [-0.3, -0.25) is 10.1 Å². The number of urea groups is 1. The smallest absolute Gasteiger partial charge is 0.325 e. The van der Waals surface area contributed by atoms with E-state index < -0.39 is 18.0 Å². The molecule has 0 aromatic carbocycles. The summed E-state index contributed by atoms with van der Waals surface area (Å²) in [5.41, 5.74) is 1.01. The summed E-state index contributed by atoms with van der Waals surface area (Å²) in [6.45, 7) is 1.40. The number of aliphatic carboxylic acids is 1. The maximum absolute atomic E-state index is 11.4. The summed E-state index contributed by atoms with van der Waals surface area (Å²) < 4.78 is 0. The van der Waals surface area contributed by atoms with Crippen molar-refractivity contribution in [1.29, 1.82) is 0 Å². The largest absolute Gasteiger partial charge is 0.480 e. The van der Waals surface area contributed by atoms with Gasteiger partial charge in [0.2, 0.25) is 0 Å². The van der Waals surface area contributed by atoms with Gasteiger partial charge < -0.3 is 10.4 Å². The molecule has 0 spiro atoms. The number of carbonyl (C=O) groups is 2. The highest BCUT2D eigenvalue weighted by molar-refractivity contribution is 7.13. The van der Waals surface area contributed by atoms with Gasteiger partial charge in [-0.2, -0.15) is 0 Å². The third-order valence-corrected chi connectivity index (χ3v) is 3.23. The Hall–Kier alpha value is -1.63. The molecule has 1 saturated carbocycles. The SMILES string of the molecule is CC(NC(=O)Nc1nc(C2CC2)cs1)C(=O)O. The number of nitrogens with zero attached hydrogens (tertiary/aromatic N) is 1. The van der Waals surface area contributed by atoms with Crippen molar-refractivity contribution in [3.8, 4) is 0 Å². The van der Waals surface area contributed by atoms with Crippen LogP contribution >= 0.6 is 11.3 Å². The van der Waals surface area contributed by atoms with Crippen molar-refractivity contribution in [2.45, 2.75) is 31.7 Å². The van der Waals surface area contributed by atoms with Crippen LogP contribution in [-0.4, -0.2) is 28.1 Å². The molecule has 7 heteroatoms. The van der Waals surface area contributed by atoms with Crippen molar-refractivity contribution in [1.82, 2.24) is 10.3 Å². The van der Waals surface area contributed by atoms with Crippen molar-refractivity contribution >= 4 is 28.5 Å². The molecule has 0 radical (unpaired) electrons. The first-order valence-electron chi connectivity index (χ1n) is 5.32. The molecule has 1 aromatic heterocycles. The van der Waals surface area contributed by atoms with E-state index in [2.05, 4.69) is 15.6 Å². The molecule has 0 saturated heterocycles. The molecule has 6 nitrogen and oxygen atoms in total. The van der Waals surface area contributed by atoms with E-state index in [0.29, 0.717) is 11.0 Å². The van der Waals surface area contributed by atoms with Crippen molar-refractivity contribution in [2.75, 3.05) is 5.32 Å². The summed E-state index contributed by atoms with van der Waals surface area (Å²) in [6, 6.07) is -1.46. The minimum atomic E-state index is -1.07. The summed E-state index contributed by atoms with van der Waals surface area (Å²) in [5, 5.41) is 15.9. The van der Waals surface area contributed by atoms with Crippen molar-refractivity contribution in [3.63, 3.8) is 0 Å². The third-order valence-electron chi connectivity index (χ3n) is 2.46. The van der Waals surface area contributed by atoms with Crippen LogP contribution in [0.15, 0.2) is 5.38 Å². The molecule has 2 rings (SSSR count). The maximum atomic E-state index is 11.4. The lowest BCUT2D eigenvalue weighted by atomic mass is 10.3. The number of rotatable bonds is 4. The lowest BCUT2D eigenvalue weighted by Gasteiger charge is -2.08. The van der Waals surface area contributed by atoms with Gasteiger partial charge in [0.25, 0.3) is 0 Å². The predicted molar refractivity (Wildman–Crippen MR) is 63.3 cm³/mol. The standard InChI is InChI=1S/C10H13N3O3S/c1-5(8(14)15)11-9(16)13-10-12-7(4-17-10)6-2-3-6/h4-6H,2-3H2,1H3,(H,14,15)(H2,11,12,13,16). The molecule has 17 heavy (non-hydrogen) atoms. The Morgan fingerprint density at radius 1 is 1.59 bits per heavy atom. The lowest BCUT2D eigenvalue weighted by molar-refractivity contribution is -0.138. The third kappa shape index (κ3) is 3.16. The average Bonchev–Trinajstić information content (AvgIpc) is 3.00.